The average Bonchev–Trinajstić information content (AvgIpc) is 3.12. The zero-order valence-electron chi connectivity index (χ0n) is 32.6. The molecule has 0 aromatic rings. The summed E-state index contributed by atoms with van der Waals surface area (Å²) >= 11 is 0. The maximum atomic E-state index is 12.5. The van der Waals surface area contributed by atoms with Crippen LogP contribution in [0.15, 0.2) is 60.8 Å². The van der Waals surface area contributed by atoms with Crippen LogP contribution >= 0.6 is 7.82 Å². The van der Waals surface area contributed by atoms with Gasteiger partial charge in [0.05, 0.1) is 19.8 Å². The van der Waals surface area contributed by atoms with Crippen molar-refractivity contribution in [2.45, 2.75) is 168 Å². The van der Waals surface area contributed by atoms with Gasteiger partial charge in [0, 0.05) is 19.6 Å². The van der Waals surface area contributed by atoms with E-state index in [2.05, 4.69) is 74.6 Å². The highest BCUT2D eigenvalue weighted by atomic mass is 31.2. The van der Waals surface area contributed by atoms with Crippen LogP contribution in [-0.2, 0) is 27.9 Å². The third-order valence-electron chi connectivity index (χ3n) is 8.17. The highest BCUT2D eigenvalue weighted by molar-refractivity contribution is 7.47. The van der Waals surface area contributed by atoms with Gasteiger partial charge in [-0.3, -0.25) is 13.8 Å². The molecular formula is C42H76NO7P. The summed E-state index contributed by atoms with van der Waals surface area (Å²) in [6, 6.07) is 0. The number of unbranched alkanes of at least 4 members (excludes halogenated alkanes) is 15. The van der Waals surface area contributed by atoms with Crippen LogP contribution in [0.25, 0.3) is 0 Å². The molecule has 0 aromatic carbocycles. The average molecular weight is 738 g/mol. The van der Waals surface area contributed by atoms with Gasteiger partial charge in [-0.1, -0.05) is 145 Å². The Hall–Kier alpha value is -1.80. The largest absolute Gasteiger partial charge is 0.472 e. The number of nitrogens with two attached hydrogens (primary N) is 1. The van der Waals surface area contributed by atoms with E-state index in [1.807, 2.05) is 0 Å². The molecule has 0 spiro atoms. The summed E-state index contributed by atoms with van der Waals surface area (Å²) in [5.41, 5.74) is 5.36. The third-order valence-corrected chi connectivity index (χ3v) is 9.15. The first-order valence-corrected chi connectivity index (χ1v) is 21.8. The second kappa shape index (κ2) is 39.4. The molecule has 296 valence electrons. The number of allylic oxidation sites excluding steroid dienone is 10. The number of carbonyl (C=O) groups excluding carboxylic acids is 1. The van der Waals surface area contributed by atoms with Gasteiger partial charge >= 0.3 is 13.8 Å². The quantitative estimate of drug-likeness (QED) is 0.0278. The van der Waals surface area contributed by atoms with Gasteiger partial charge in [-0.2, -0.15) is 0 Å². The summed E-state index contributed by atoms with van der Waals surface area (Å²) in [5, 5.41) is 0. The molecule has 3 N–H and O–H groups in total. The molecule has 8 nitrogen and oxygen atoms in total. The highest BCUT2D eigenvalue weighted by Gasteiger charge is 2.25. The van der Waals surface area contributed by atoms with E-state index >= 15 is 0 Å². The molecule has 0 bridgehead atoms. The van der Waals surface area contributed by atoms with Crippen molar-refractivity contribution in [1.29, 1.82) is 0 Å². The van der Waals surface area contributed by atoms with E-state index in [0.29, 0.717) is 13.0 Å². The third kappa shape index (κ3) is 39.2. The van der Waals surface area contributed by atoms with Crippen LogP contribution in [0, 0.1) is 0 Å². The molecule has 0 fully saturated rings. The zero-order valence-corrected chi connectivity index (χ0v) is 33.5. The molecule has 2 atom stereocenters. The molecule has 51 heavy (non-hydrogen) atoms. The van der Waals surface area contributed by atoms with Crippen molar-refractivity contribution < 1.29 is 32.8 Å². The fraction of sp³-hybridized carbons (Fsp3) is 0.738. The molecule has 0 aliphatic carbocycles. The Kier molecular flexibility index (Phi) is 38.0. The monoisotopic (exact) mass is 738 g/mol. The fourth-order valence-electron chi connectivity index (χ4n) is 5.20. The van der Waals surface area contributed by atoms with Crippen LogP contribution in [-0.4, -0.2) is 49.9 Å². The number of phosphoric acid groups is 1. The van der Waals surface area contributed by atoms with Crippen LogP contribution in [0.2, 0.25) is 0 Å². The lowest BCUT2D eigenvalue weighted by atomic mass is 10.1. The summed E-state index contributed by atoms with van der Waals surface area (Å²) < 4.78 is 33.3. The predicted molar refractivity (Wildman–Crippen MR) is 215 cm³/mol. The van der Waals surface area contributed by atoms with Crippen molar-refractivity contribution in [1.82, 2.24) is 0 Å². The van der Waals surface area contributed by atoms with E-state index in [-0.39, 0.29) is 32.3 Å². The summed E-state index contributed by atoms with van der Waals surface area (Å²) in [6.45, 7) is 4.72. The number of carbonyl (C=O) groups is 1. The summed E-state index contributed by atoms with van der Waals surface area (Å²) in [5.74, 6) is -0.350. The van der Waals surface area contributed by atoms with E-state index in [0.717, 1.165) is 83.5 Å². The van der Waals surface area contributed by atoms with Gasteiger partial charge in [0.2, 0.25) is 0 Å². The maximum Gasteiger partial charge on any atom is 0.472 e. The Bertz CT molecular complexity index is 963. The van der Waals surface area contributed by atoms with Crippen molar-refractivity contribution in [3.63, 3.8) is 0 Å². The van der Waals surface area contributed by atoms with E-state index in [1.165, 1.54) is 57.8 Å². The fourth-order valence-corrected chi connectivity index (χ4v) is 5.97. The SMILES string of the molecule is CC/C=C\C/C=C\C/C=C\CCCCCCCCCCOCC(COP(=O)(O)OCCN)OC(=O)CCCCCCC/C=C\C/C=C\CCCC. The first-order valence-electron chi connectivity index (χ1n) is 20.3. The standard InChI is InChI=1S/C42H76NO7P/c1-3-5-7-9-11-13-15-17-19-20-21-22-24-26-28-30-32-34-37-47-39-41(40-49-51(45,46)48-38-36-43)50-42(44)35-33-31-29-27-25-23-18-16-14-12-10-8-6-4-2/h5,7,10-13,16-19,41H,3-4,6,8-9,14-15,20-40,43H2,1-2H3,(H,45,46)/b7-5-,12-10-,13-11-,18-16-,19-17-. The van der Waals surface area contributed by atoms with Gasteiger partial charge in [0.15, 0.2) is 0 Å². The predicted octanol–water partition coefficient (Wildman–Crippen LogP) is 11.8. The van der Waals surface area contributed by atoms with Gasteiger partial charge in [0.1, 0.15) is 6.10 Å². The van der Waals surface area contributed by atoms with Gasteiger partial charge in [-0.15, -0.1) is 0 Å². The van der Waals surface area contributed by atoms with Crippen LogP contribution in [0.1, 0.15) is 162 Å². The molecule has 0 aliphatic rings. The Morgan fingerprint density at radius 2 is 1.10 bits per heavy atom. The lowest BCUT2D eigenvalue weighted by molar-refractivity contribution is -0.154. The number of phosphoric ester groups is 1. The molecule has 0 radical (unpaired) electrons. The topological polar surface area (TPSA) is 117 Å². The Morgan fingerprint density at radius 1 is 0.608 bits per heavy atom. The van der Waals surface area contributed by atoms with Crippen molar-refractivity contribution in [3.05, 3.63) is 60.8 Å². The minimum absolute atomic E-state index is 0.0939. The number of hydrogen-bond donors (Lipinski definition) is 2. The molecule has 0 amide bonds. The van der Waals surface area contributed by atoms with Crippen LogP contribution in [0.3, 0.4) is 0 Å². The summed E-state index contributed by atoms with van der Waals surface area (Å²) in [4.78, 5) is 22.4. The molecule has 9 heteroatoms. The van der Waals surface area contributed by atoms with Crippen molar-refractivity contribution in [2.24, 2.45) is 5.73 Å². The van der Waals surface area contributed by atoms with E-state index in [9.17, 15) is 14.3 Å². The smallest absolute Gasteiger partial charge is 0.457 e. The normalized spacial score (nSPS) is 14.2. The van der Waals surface area contributed by atoms with Crippen LogP contribution in [0.5, 0.6) is 0 Å². The van der Waals surface area contributed by atoms with Crippen molar-refractivity contribution >= 4 is 13.8 Å². The van der Waals surface area contributed by atoms with Crippen LogP contribution < -0.4 is 5.73 Å². The molecule has 0 aliphatic heterocycles. The minimum atomic E-state index is -4.28. The van der Waals surface area contributed by atoms with Gasteiger partial charge in [-0.25, -0.2) is 4.57 Å². The van der Waals surface area contributed by atoms with E-state index in [1.54, 1.807) is 0 Å². The number of esters is 1. The zero-order chi connectivity index (χ0) is 37.4. The second-order valence-corrected chi connectivity index (χ2v) is 14.6. The summed E-state index contributed by atoms with van der Waals surface area (Å²) in [6.07, 6.45) is 46.6. The van der Waals surface area contributed by atoms with E-state index in [4.69, 9.17) is 24.3 Å². The lowest BCUT2D eigenvalue weighted by Gasteiger charge is -2.20. The minimum Gasteiger partial charge on any atom is -0.457 e. The molecular weight excluding hydrogens is 661 g/mol. The molecule has 0 heterocycles. The molecule has 0 saturated heterocycles. The lowest BCUT2D eigenvalue weighted by Crippen LogP contribution is -2.28. The highest BCUT2D eigenvalue weighted by Crippen LogP contribution is 2.43. The summed E-state index contributed by atoms with van der Waals surface area (Å²) in [7, 11) is -4.28. The Morgan fingerprint density at radius 3 is 1.65 bits per heavy atom. The maximum absolute atomic E-state index is 12.5. The molecule has 2 unspecified atom stereocenters. The van der Waals surface area contributed by atoms with Gasteiger partial charge < -0.3 is 20.1 Å². The van der Waals surface area contributed by atoms with E-state index < -0.39 is 13.9 Å². The Balaban J connectivity index is 4.09. The first-order chi connectivity index (χ1) is 24.9. The number of hydrogen-bond acceptors (Lipinski definition) is 7. The number of rotatable bonds is 38. The Labute approximate surface area is 313 Å². The molecule has 0 aromatic heterocycles. The first kappa shape index (κ1) is 49.2. The number of ether oxygens (including phenoxy) is 2. The van der Waals surface area contributed by atoms with Gasteiger partial charge in [-0.05, 0) is 70.6 Å². The van der Waals surface area contributed by atoms with Gasteiger partial charge in [0.25, 0.3) is 0 Å². The van der Waals surface area contributed by atoms with Crippen LogP contribution in [0.4, 0.5) is 0 Å². The van der Waals surface area contributed by atoms with Crippen molar-refractivity contribution in [3.8, 4) is 0 Å². The second-order valence-electron chi connectivity index (χ2n) is 13.1. The molecule has 0 rings (SSSR count). The molecule has 0 saturated carbocycles. The van der Waals surface area contributed by atoms with Crippen molar-refractivity contribution in [2.75, 3.05) is 33.0 Å².